The molecular formula is C23H31N3O4. The summed E-state index contributed by atoms with van der Waals surface area (Å²) in [7, 11) is 0. The van der Waals surface area contributed by atoms with Crippen LogP contribution in [0.4, 0.5) is 5.88 Å². The van der Waals surface area contributed by atoms with Gasteiger partial charge < -0.3 is 4.42 Å². The van der Waals surface area contributed by atoms with Gasteiger partial charge in [0.25, 0.3) is 0 Å². The van der Waals surface area contributed by atoms with Crippen molar-refractivity contribution < 1.29 is 14.1 Å². The molecule has 1 heterocycles. The average molecular weight is 414 g/mol. The molecule has 1 N–H and O–H groups in total. The molecule has 5 aliphatic carbocycles. The van der Waals surface area contributed by atoms with Crippen LogP contribution in [0.25, 0.3) is 0 Å². The lowest BCUT2D eigenvalue weighted by atomic mass is 9.41. The van der Waals surface area contributed by atoms with Crippen molar-refractivity contribution in [1.82, 2.24) is 5.43 Å². The lowest BCUT2D eigenvalue weighted by molar-refractivity contribution is -0.402. The van der Waals surface area contributed by atoms with E-state index in [1.807, 2.05) is 0 Å². The molecule has 5 saturated carbocycles. The van der Waals surface area contributed by atoms with Crippen LogP contribution in [-0.2, 0) is 4.79 Å². The van der Waals surface area contributed by atoms with E-state index in [4.69, 9.17) is 4.42 Å². The number of carbonyl (C=O) groups excluding carboxylic acids is 1. The Bertz CT molecular complexity index is 840. The first-order valence-corrected chi connectivity index (χ1v) is 11.5. The predicted molar refractivity (Wildman–Crippen MR) is 112 cm³/mol. The summed E-state index contributed by atoms with van der Waals surface area (Å²) in [6, 6.07) is 2.74. The minimum absolute atomic E-state index is 0.0852. The quantitative estimate of drug-likeness (QED) is 0.377. The van der Waals surface area contributed by atoms with Crippen molar-refractivity contribution in [3.8, 4) is 0 Å². The standard InChI is InChI=1S/C23H31N3O4/c27-20(25-24-14-19-5-6-21(30-19)26(28)29)7-8-22-10-16-9-17(11-22)13-23(12-16,15-22)18-3-1-2-4-18/h5-6,14,16-18H,1-4,7-13,15H2,(H,25,27)/b24-14+/t16-,17+,22?,23?. The lowest BCUT2D eigenvalue weighted by Gasteiger charge is -2.64. The third-order valence-electron chi connectivity index (χ3n) is 8.50. The maximum absolute atomic E-state index is 12.4. The Kier molecular flexibility index (Phi) is 4.94. The first kappa shape index (κ1) is 19.8. The fraction of sp³-hybridized carbons (Fsp3) is 0.739. The second kappa shape index (κ2) is 7.50. The second-order valence-corrected chi connectivity index (χ2v) is 10.5. The maximum atomic E-state index is 12.4. The molecule has 7 heteroatoms. The zero-order valence-corrected chi connectivity index (χ0v) is 17.5. The molecule has 0 saturated heterocycles. The third-order valence-corrected chi connectivity index (χ3v) is 8.50. The molecule has 2 unspecified atom stereocenters. The monoisotopic (exact) mass is 413 g/mol. The molecule has 0 spiro atoms. The van der Waals surface area contributed by atoms with Gasteiger partial charge in [0.2, 0.25) is 5.91 Å². The van der Waals surface area contributed by atoms with Gasteiger partial charge in [-0.3, -0.25) is 14.9 Å². The highest BCUT2D eigenvalue weighted by atomic mass is 16.6. The second-order valence-electron chi connectivity index (χ2n) is 10.5. The molecule has 5 fully saturated rings. The summed E-state index contributed by atoms with van der Waals surface area (Å²) in [6.07, 6.45) is 16.7. The summed E-state index contributed by atoms with van der Waals surface area (Å²) in [5.41, 5.74) is 3.50. The molecule has 1 amide bonds. The number of furan rings is 1. The SMILES string of the molecule is O=C(CCC12C[C@H]3C[C@@H](C1)CC(C1CCCC1)(C3)C2)N/N=C/c1ccc([N+](=O)[O-])o1. The van der Waals surface area contributed by atoms with Crippen LogP contribution in [0, 0.1) is 38.7 Å². The number of amides is 1. The van der Waals surface area contributed by atoms with Crippen LogP contribution >= 0.6 is 0 Å². The van der Waals surface area contributed by atoms with Gasteiger partial charge in [0.15, 0.2) is 5.76 Å². The Labute approximate surface area is 176 Å². The van der Waals surface area contributed by atoms with E-state index in [0.29, 0.717) is 17.3 Å². The van der Waals surface area contributed by atoms with Crippen molar-refractivity contribution in [1.29, 1.82) is 0 Å². The fourth-order valence-electron chi connectivity index (χ4n) is 7.95. The van der Waals surface area contributed by atoms with Crippen molar-refractivity contribution in [2.45, 2.75) is 77.0 Å². The molecule has 1 aromatic rings. The first-order chi connectivity index (χ1) is 14.5. The largest absolute Gasteiger partial charge is 0.433 e. The molecule has 6 rings (SSSR count). The number of nitro groups is 1. The van der Waals surface area contributed by atoms with Gasteiger partial charge in [-0.05, 0) is 92.4 Å². The van der Waals surface area contributed by atoms with E-state index in [-0.39, 0.29) is 17.6 Å². The average Bonchev–Trinajstić information content (AvgIpc) is 3.38. The number of nitrogens with zero attached hydrogens (tertiary/aromatic N) is 2. The Hall–Kier alpha value is -2.18. The van der Waals surface area contributed by atoms with Gasteiger partial charge in [-0.1, -0.05) is 12.8 Å². The van der Waals surface area contributed by atoms with Crippen LogP contribution in [0.2, 0.25) is 0 Å². The van der Waals surface area contributed by atoms with Crippen LogP contribution in [0.1, 0.15) is 82.8 Å². The van der Waals surface area contributed by atoms with Gasteiger partial charge in [-0.25, -0.2) is 5.43 Å². The molecule has 0 radical (unpaired) electrons. The Morgan fingerprint density at radius 2 is 1.97 bits per heavy atom. The Morgan fingerprint density at radius 3 is 2.63 bits per heavy atom. The van der Waals surface area contributed by atoms with Crippen molar-refractivity contribution in [3.63, 3.8) is 0 Å². The Balaban J connectivity index is 1.18. The van der Waals surface area contributed by atoms with E-state index in [1.54, 1.807) is 0 Å². The molecule has 0 aromatic carbocycles. The molecule has 5 aliphatic rings. The van der Waals surface area contributed by atoms with Crippen LogP contribution in [-0.4, -0.2) is 17.0 Å². The highest BCUT2D eigenvalue weighted by Gasteiger charge is 2.59. The highest BCUT2D eigenvalue weighted by Crippen LogP contribution is 2.70. The zero-order valence-electron chi connectivity index (χ0n) is 17.5. The van der Waals surface area contributed by atoms with E-state index in [0.717, 1.165) is 24.2 Å². The number of hydrogen-bond acceptors (Lipinski definition) is 5. The zero-order chi connectivity index (χ0) is 20.8. The molecule has 7 nitrogen and oxygen atoms in total. The molecule has 162 valence electrons. The van der Waals surface area contributed by atoms with E-state index in [2.05, 4.69) is 10.5 Å². The van der Waals surface area contributed by atoms with Crippen LogP contribution in [0.5, 0.6) is 0 Å². The molecular weight excluding hydrogens is 382 g/mol. The van der Waals surface area contributed by atoms with Crippen molar-refractivity contribution in [2.24, 2.45) is 33.7 Å². The topological polar surface area (TPSA) is 97.7 Å². The van der Waals surface area contributed by atoms with Gasteiger partial charge in [0.1, 0.15) is 4.92 Å². The summed E-state index contributed by atoms with van der Waals surface area (Å²) in [6.45, 7) is 0. The first-order valence-electron chi connectivity index (χ1n) is 11.5. The van der Waals surface area contributed by atoms with Gasteiger partial charge >= 0.3 is 5.88 Å². The van der Waals surface area contributed by atoms with E-state index < -0.39 is 4.92 Å². The number of rotatable bonds is 7. The summed E-state index contributed by atoms with van der Waals surface area (Å²) in [4.78, 5) is 22.5. The summed E-state index contributed by atoms with van der Waals surface area (Å²) < 4.78 is 5.01. The van der Waals surface area contributed by atoms with Crippen LogP contribution in [0.3, 0.4) is 0 Å². The lowest BCUT2D eigenvalue weighted by Crippen LogP contribution is -2.54. The van der Waals surface area contributed by atoms with Crippen LogP contribution in [0.15, 0.2) is 21.7 Å². The van der Waals surface area contributed by atoms with Gasteiger partial charge in [0.05, 0.1) is 12.3 Å². The minimum atomic E-state index is -0.597. The predicted octanol–water partition coefficient (Wildman–Crippen LogP) is 5.19. The number of carbonyl (C=O) groups is 1. The van der Waals surface area contributed by atoms with Gasteiger partial charge in [-0.2, -0.15) is 5.10 Å². The normalized spacial score (nSPS) is 35.3. The summed E-state index contributed by atoms with van der Waals surface area (Å²) >= 11 is 0. The molecule has 4 atom stereocenters. The smallest absolute Gasteiger partial charge is 0.400 e. The Morgan fingerprint density at radius 1 is 1.23 bits per heavy atom. The van der Waals surface area contributed by atoms with E-state index in [9.17, 15) is 14.9 Å². The van der Waals surface area contributed by atoms with Crippen molar-refractivity contribution in [3.05, 3.63) is 28.0 Å². The van der Waals surface area contributed by atoms with Crippen LogP contribution < -0.4 is 5.43 Å². The van der Waals surface area contributed by atoms with E-state index >= 15 is 0 Å². The maximum Gasteiger partial charge on any atom is 0.433 e. The summed E-state index contributed by atoms with van der Waals surface area (Å²) in [5, 5.41) is 14.6. The van der Waals surface area contributed by atoms with Crippen molar-refractivity contribution in [2.75, 3.05) is 0 Å². The molecule has 30 heavy (non-hydrogen) atoms. The fourth-order valence-corrected chi connectivity index (χ4v) is 7.95. The molecule has 0 aliphatic heterocycles. The number of nitrogens with one attached hydrogen (secondary N) is 1. The third kappa shape index (κ3) is 3.67. The number of hydrogen-bond donors (Lipinski definition) is 1. The van der Waals surface area contributed by atoms with Gasteiger partial charge in [-0.15, -0.1) is 0 Å². The van der Waals surface area contributed by atoms with E-state index in [1.165, 1.54) is 82.6 Å². The summed E-state index contributed by atoms with van der Waals surface area (Å²) in [5.74, 6) is 2.52. The molecule has 1 aromatic heterocycles. The molecule has 4 bridgehead atoms. The van der Waals surface area contributed by atoms with Gasteiger partial charge in [0, 0.05) is 6.42 Å². The minimum Gasteiger partial charge on any atom is -0.400 e. The highest BCUT2D eigenvalue weighted by molar-refractivity contribution is 5.80. The van der Waals surface area contributed by atoms with Crippen molar-refractivity contribution >= 4 is 18.0 Å². The number of hydrazone groups is 1.